The number of aliphatic carboxylic acids is 1. The Bertz CT molecular complexity index is 384. The van der Waals surface area contributed by atoms with E-state index in [2.05, 4.69) is 5.32 Å². The summed E-state index contributed by atoms with van der Waals surface area (Å²) < 4.78 is 0. The van der Waals surface area contributed by atoms with E-state index in [-0.39, 0.29) is 18.4 Å². The van der Waals surface area contributed by atoms with Crippen molar-refractivity contribution in [1.82, 2.24) is 10.2 Å². The number of nitrogens with zero attached hydrogens (tertiary/aromatic N) is 1. The summed E-state index contributed by atoms with van der Waals surface area (Å²) in [7, 11) is 0. The maximum atomic E-state index is 12.3. The summed E-state index contributed by atoms with van der Waals surface area (Å²) in [6.07, 6.45) is 4.18. The number of rotatable bonds is 7. The van der Waals surface area contributed by atoms with Crippen LogP contribution in [-0.4, -0.2) is 46.9 Å². The minimum atomic E-state index is -0.887. The monoisotopic (exact) mass is 298 g/mol. The second-order valence-corrected chi connectivity index (χ2v) is 5.52. The number of nitrogens with one attached hydrogen (secondary N) is 1. The zero-order chi connectivity index (χ0) is 15.8. The van der Waals surface area contributed by atoms with E-state index in [0.29, 0.717) is 25.8 Å². The lowest BCUT2D eigenvalue weighted by molar-refractivity contribution is -0.144. The average Bonchev–Trinajstić information content (AvgIpc) is 2.50. The van der Waals surface area contributed by atoms with E-state index in [1.807, 2.05) is 6.92 Å². The van der Waals surface area contributed by atoms with E-state index in [0.717, 1.165) is 19.3 Å². The first kappa shape index (κ1) is 17.5. The number of carboxylic acid groups (broad SMARTS) is 1. The van der Waals surface area contributed by atoms with Crippen molar-refractivity contribution < 1.29 is 19.5 Å². The summed E-state index contributed by atoms with van der Waals surface area (Å²) in [6, 6.07) is -0.442. The average molecular weight is 298 g/mol. The van der Waals surface area contributed by atoms with Crippen LogP contribution < -0.4 is 5.32 Å². The third kappa shape index (κ3) is 5.02. The van der Waals surface area contributed by atoms with E-state index in [1.165, 1.54) is 0 Å². The highest BCUT2D eigenvalue weighted by molar-refractivity contribution is 5.88. The van der Waals surface area contributed by atoms with Crippen LogP contribution in [0.5, 0.6) is 0 Å². The molecule has 1 fully saturated rings. The number of carboxylic acids is 1. The lowest BCUT2D eigenvalue weighted by Crippen LogP contribution is -2.52. The van der Waals surface area contributed by atoms with Crippen molar-refractivity contribution in [2.45, 2.75) is 58.4 Å². The van der Waals surface area contributed by atoms with Crippen molar-refractivity contribution in [2.24, 2.45) is 5.92 Å². The van der Waals surface area contributed by atoms with Gasteiger partial charge < -0.3 is 15.3 Å². The van der Waals surface area contributed by atoms with E-state index in [9.17, 15) is 14.4 Å². The van der Waals surface area contributed by atoms with Crippen molar-refractivity contribution in [1.29, 1.82) is 0 Å². The maximum absolute atomic E-state index is 12.3. The van der Waals surface area contributed by atoms with E-state index in [4.69, 9.17) is 5.11 Å². The Hall–Kier alpha value is -1.59. The molecule has 0 aromatic rings. The van der Waals surface area contributed by atoms with Gasteiger partial charge in [0.1, 0.15) is 6.04 Å². The molecule has 21 heavy (non-hydrogen) atoms. The molecule has 0 saturated carbocycles. The first-order valence-corrected chi connectivity index (χ1v) is 7.81. The Morgan fingerprint density at radius 1 is 1.29 bits per heavy atom. The SMILES string of the molecule is CCCC(CNC(=O)C1CCCCN1C(=O)CC)C(=O)O. The van der Waals surface area contributed by atoms with Crippen LogP contribution in [-0.2, 0) is 14.4 Å². The Kier molecular flexibility index (Phi) is 7.19. The predicted molar refractivity (Wildman–Crippen MR) is 78.7 cm³/mol. The molecule has 1 saturated heterocycles. The number of amides is 2. The van der Waals surface area contributed by atoms with Crippen molar-refractivity contribution in [3.05, 3.63) is 0 Å². The molecule has 6 heteroatoms. The minimum absolute atomic E-state index is 0.0156. The molecule has 1 heterocycles. The van der Waals surface area contributed by atoms with Gasteiger partial charge in [0.2, 0.25) is 11.8 Å². The van der Waals surface area contributed by atoms with E-state index >= 15 is 0 Å². The molecule has 2 unspecified atom stereocenters. The van der Waals surface area contributed by atoms with Crippen LogP contribution in [0.15, 0.2) is 0 Å². The number of likely N-dealkylation sites (tertiary alicyclic amines) is 1. The fourth-order valence-electron chi connectivity index (χ4n) is 2.71. The maximum Gasteiger partial charge on any atom is 0.308 e. The Balaban J connectivity index is 2.59. The van der Waals surface area contributed by atoms with Crippen LogP contribution in [0.3, 0.4) is 0 Å². The van der Waals surface area contributed by atoms with Gasteiger partial charge in [0.15, 0.2) is 0 Å². The summed E-state index contributed by atoms with van der Waals surface area (Å²) in [5.41, 5.74) is 0. The summed E-state index contributed by atoms with van der Waals surface area (Å²) >= 11 is 0. The van der Waals surface area contributed by atoms with Crippen molar-refractivity contribution >= 4 is 17.8 Å². The molecule has 2 N–H and O–H groups in total. The second-order valence-electron chi connectivity index (χ2n) is 5.52. The number of piperidine rings is 1. The molecule has 2 atom stereocenters. The van der Waals surface area contributed by atoms with Gasteiger partial charge in [-0.3, -0.25) is 14.4 Å². The molecular weight excluding hydrogens is 272 g/mol. The zero-order valence-electron chi connectivity index (χ0n) is 12.9. The van der Waals surface area contributed by atoms with Crippen LogP contribution in [0.4, 0.5) is 0 Å². The predicted octanol–water partition coefficient (Wildman–Crippen LogP) is 1.39. The second kappa shape index (κ2) is 8.64. The lowest BCUT2D eigenvalue weighted by Gasteiger charge is -2.34. The number of hydrogen-bond donors (Lipinski definition) is 2. The number of carbonyl (C=O) groups excluding carboxylic acids is 2. The molecule has 1 aliphatic rings. The fraction of sp³-hybridized carbons (Fsp3) is 0.800. The van der Waals surface area contributed by atoms with Crippen LogP contribution in [0.1, 0.15) is 52.4 Å². The first-order valence-electron chi connectivity index (χ1n) is 7.81. The van der Waals surface area contributed by atoms with Crippen LogP contribution >= 0.6 is 0 Å². The normalized spacial score (nSPS) is 19.9. The molecule has 0 spiro atoms. The Morgan fingerprint density at radius 3 is 2.57 bits per heavy atom. The summed E-state index contributed by atoms with van der Waals surface area (Å²) in [5, 5.41) is 11.8. The van der Waals surface area contributed by atoms with Gasteiger partial charge in [-0.05, 0) is 25.7 Å². The Morgan fingerprint density at radius 2 is 2.00 bits per heavy atom. The van der Waals surface area contributed by atoms with E-state index < -0.39 is 17.9 Å². The minimum Gasteiger partial charge on any atom is -0.481 e. The Labute approximate surface area is 125 Å². The van der Waals surface area contributed by atoms with Gasteiger partial charge in [-0.15, -0.1) is 0 Å². The molecule has 2 amide bonds. The largest absolute Gasteiger partial charge is 0.481 e. The molecular formula is C15H26N2O4. The van der Waals surface area contributed by atoms with Gasteiger partial charge in [-0.2, -0.15) is 0 Å². The molecule has 0 radical (unpaired) electrons. The van der Waals surface area contributed by atoms with Crippen molar-refractivity contribution in [3.63, 3.8) is 0 Å². The summed E-state index contributed by atoms with van der Waals surface area (Å²) in [4.78, 5) is 36.9. The molecule has 0 aromatic carbocycles. The van der Waals surface area contributed by atoms with Crippen molar-refractivity contribution in [2.75, 3.05) is 13.1 Å². The molecule has 1 rings (SSSR count). The van der Waals surface area contributed by atoms with Gasteiger partial charge in [0, 0.05) is 19.5 Å². The quantitative estimate of drug-likeness (QED) is 0.743. The summed E-state index contributed by atoms with van der Waals surface area (Å²) in [6.45, 7) is 4.45. The van der Waals surface area contributed by atoms with E-state index in [1.54, 1.807) is 11.8 Å². The van der Waals surface area contributed by atoms with Crippen LogP contribution in [0, 0.1) is 5.92 Å². The number of carbonyl (C=O) groups is 3. The molecule has 0 aromatic heterocycles. The molecule has 120 valence electrons. The molecule has 1 aliphatic heterocycles. The first-order chi connectivity index (χ1) is 10.0. The molecule has 0 bridgehead atoms. The smallest absolute Gasteiger partial charge is 0.308 e. The molecule has 0 aliphatic carbocycles. The van der Waals surface area contributed by atoms with Gasteiger partial charge in [-0.25, -0.2) is 0 Å². The highest BCUT2D eigenvalue weighted by Gasteiger charge is 2.31. The standard InChI is InChI=1S/C15H26N2O4/c1-3-7-11(15(20)21)10-16-14(19)12-8-5-6-9-17(12)13(18)4-2/h11-12H,3-10H2,1-2H3,(H,16,19)(H,20,21). The van der Waals surface area contributed by atoms with Gasteiger partial charge in [-0.1, -0.05) is 20.3 Å². The zero-order valence-corrected chi connectivity index (χ0v) is 12.9. The van der Waals surface area contributed by atoms with Crippen LogP contribution in [0.25, 0.3) is 0 Å². The highest BCUT2D eigenvalue weighted by Crippen LogP contribution is 2.18. The third-order valence-electron chi connectivity index (χ3n) is 3.94. The summed E-state index contributed by atoms with van der Waals surface area (Å²) in [5.74, 6) is -1.68. The van der Waals surface area contributed by atoms with Gasteiger partial charge in [0.25, 0.3) is 0 Å². The van der Waals surface area contributed by atoms with Crippen molar-refractivity contribution in [3.8, 4) is 0 Å². The van der Waals surface area contributed by atoms with Gasteiger partial charge in [0.05, 0.1) is 5.92 Å². The third-order valence-corrected chi connectivity index (χ3v) is 3.94. The lowest BCUT2D eigenvalue weighted by atomic mass is 10.00. The molecule has 6 nitrogen and oxygen atoms in total. The van der Waals surface area contributed by atoms with Gasteiger partial charge >= 0.3 is 5.97 Å². The number of hydrogen-bond acceptors (Lipinski definition) is 3. The van der Waals surface area contributed by atoms with Crippen LogP contribution in [0.2, 0.25) is 0 Å². The fourth-order valence-corrected chi connectivity index (χ4v) is 2.71. The highest BCUT2D eigenvalue weighted by atomic mass is 16.4. The topological polar surface area (TPSA) is 86.7 Å².